The summed E-state index contributed by atoms with van der Waals surface area (Å²) in [6.45, 7) is 4.82. The van der Waals surface area contributed by atoms with Crippen molar-refractivity contribution in [3.63, 3.8) is 0 Å². The number of ether oxygens (including phenoxy) is 1. The molecule has 1 unspecified atom stereocenters. The number of nitrogens with two attached hydrogens (primary N) is 1. The maximum absolute atomic E-state index is 12.0. The van der Waals surface area contributed by atoms with Gasteiger partial charge in [-0.05, 0) is 33.5 Å². The Hall–Kier alpha value is -0.650. The normalized spacial score (nSPS) is 12.8. The van der Waals surface area contributed by atoms with Crippen LogP contribution in [0.25, 0.3) is 0 Å². The monoisotopic (exact) mass is 245 g/mol. The van der Waals surface area contributed by atoms with Gasteiger partial charge in [-0.15, -0.1) is 0 Å². The molecule has 0 saturated carbocycles. The second-order valence-electron chi connectivity index (χ2n) is 4.49. The van der Waals surface area contributed by atoms with E-state index in [0.29, 0.717) is 19.6 Å². The highest BCUT2D eigenvalue weighted by Crippen LogP contribution is 1.99. The molecule has 0 aliphatic carbocycles. The van der Waals surface area contributed by atoms with E-state index in [9.17, 15) is 4.79 Å². The maximum atomic E-state index is 12.0. The molecule has 0 heterocycles. The first-order chi connectivity index (χ1) is 8.02. The van der Waals surface area contributed by atoms with Crippen molar-refractivity contribution in [1.82, 2.24) is 9.80 Å². The van der Waals surface area contributed by atoms with Gasteiger partial charge in [-0.3, -0.25) is 4.79 Å². The predicted octanol–water partition coefficient (Wildman–Crippen LogP) is 0.150. The number of nitrogens with zero attached hydrogens (tertiary/aromatic N) is 2. The highest BCUT2D eigenvalue weighted by atomic mass is 16.5. The molecule has 0 aliphatic heterocycles. The minimum absolute atomic E-state index is 0.0308. The number of hydrogen-bond acceptors (Lipinski definition) is 4. The number of methoxy groups -OCH3 is 1. The van der Waals surface area contributed by atoms with Crippen LogP contribution in [0.15, 0.2) is 0 Å². The van der Waals surface area contributed by atoms with Gasteiger partial charge in [-0.25, -0.2) is 0 Å². The molecule has 102 valence electrons. The molecule has 0 aromatic carbocycles. The Morgan fingerprint density at radius 3 is 2.41 bits per heavy atom. The zero-order valence-electron chi connectivity index (χ0n) is 11.6. The summed E-state index contributed by atoms with van der Waals surface area (Å²) < 4.78 is 5.02. The summed E-state index contributed by atoms with van der Waals surface area (Å²) in [5, 5.41) is 0. The third-order valence-corrected chi connectivity index (χ3v) is 2.67. The summed E-state index contributed by atoms with van der Waals surface area (Å²) in [5.74, 6) is 0.0308. The molecule has 0 spiro atoms. The Bertz CT molecular complexity index is 210. The fraction of sp³-hybridized carbons (Fsp3) is 0.917. The molecule has 0 rings (SSSR count). The third-order valence-electron chi connectivity index (χ3n) is 2.67. The zero-order valence-corrected chi connectivity index (χ0v) is 11.6. The number of hydrogen-bond donors (Lipinski definition) is 1. The first-order valence-corrected chi connectivity index (χ1v) is 6.21. The fourth-order valence-corrected chi connectivity index (χ4v) is 1.52. The molecule has 0 aromatic heterocycles. The van der Waals surface area contributed by atoms with Crippen LogP contribution < -0.4 is 5.73 Å². The predicted molar refractivity (Wildman–Crippen MR) is 69.9 cm³/mol. The second-order valence-corrected chi connectivity index (χ2v) is 4.49. The van der Waals surface area contributed by atoms with Crippen molar-refractivity contribution in [2.45, 2.75) is 25.8 Å². The Labute approximate surface area is 105 Å². The molecule has 17 heavy (non-hydrogen) atoms. The molecule has 2 N–H and O–H groups in total. The summed E-state index contributed by atoms with van der Waals surface area (Å²) in [6, 6.07) is -0.383. The van der Waals surface area contributed by atoms with Gasteiger partial charge in [0.15, 0.2) is 0 Å². The average Bonchev–Trinajstić information content (AvgIpc) is 2.31. The van der Waals surface area contributed by atoms with Crippen LogP contribution in [0.2, 0.25) is 0 Å². The minimum Gasteiger partial charge on any atom is -0.383 e. The highest BCUT2D eigenvalue weighted by Gasteiger charge is 2.18. The summed E-state index contributed by atoms with van der Waals surface area (Å²) >= 11 is 0. The molecular weight excluding hydrogens is 218 g/mol. The van der Waals surface area contributed by atoms with Crippen LogP contribution >= 0.6 is 0 Å². The Morgan fingerprint density at radius 1 is 1.29 bits per heavy atom. The standard InChI is InChI=1S/C12H27N3O2/c1-5-11(13)12(16)15(9-10-17-4)8-6-7-14(2)3/h11H,5-10,13H2,1-4H3. The van der Waals surface area contributed by atoms with Crippen molar-refractivity contribution in [2.75, 3.05) is 47.4 Å². The van der Waals surface area contributed by atoms with Crippen LogP contribution in [0.1, 0.15) is 19.8 Å². The van der Waals surface area contributed by atoms with Gasteiger partial charge < -0.3 is 20.3 Å². The van der Waals surface area contributed by atoms with Gasteiger partial charge in [-0.1, -0.05) is 6.92 Å². The van der Waals surface area contributed by atoms with E-state index in [1.807, 2.05) is 21.0 Å². The molecule has 1 amide bonds. The van der Waals surface area contributed by atoms with Crippen LogP contribution in [0.3, 0.4) is 0 Å². The number of rotatable bonds is 9. The van der Waals surface area contributed by atoms with Crippen molar-refractivity contribution in [1.29, 1.82) is 0 Å². The highest BCUT2D eigenvalue weighted by molar-refractivity contribution is 5.81. The number of carbonyl (C=O) groups excluding carboxylic acids is 1. The van der Waals surface area contributed by atoms with Gasteiger partial charge in [-0.2, -0.15) is 0 Å². The van der Waals surface area contributed by atoms with Gasteiger partial charge in [0.1, 0.15) is 0 Å². The molecule has 5 heteroatoms. The molecule has 0 bridgehead atoms. The van der Waals surface area contributed by atoms with Crippen molar-refractivity contribution < 1.29 is 9.53 Å². The van der Waals surface area contributed by atoms with Crippen molar-refractivity contribution in [3.8, 4) is 0 Å². The summed E-state index contributed by atoms with van der Waals surface area (Å²) in [5.41, 5.74) is 5.78. The van der Waals surface area contributed by atoms with Gasteiger partial charge >= 0.3 is 0 Å². The lowest BCUT2D eigenvalue weighted by atomic mass is 10.2. The summed E-state index contributed by atoms with van der Waals surface area (Å²) in [4.78, 5) is 15.9. The lowest BCUT2D eigenvalue weighted by molar-refractivity contribution is -0.133. The van der Waals surface area contributed by atoms with Gasteiger partial charge in [0.2, 0.25) is 5.91 Å². The van der Waals surface area contributed by atoms with E-state index in [2.05, 4.69) is 4.90 Å². The van der Waals surface area contributed by atoms with Crippen molar-refractivity contribution in [3.05, 3.63) is 0 Å². The lowest BCUT2D eigenvalue weighted by Gasteiger charge is -2.25. The molecule has 0 aliphatic rings. The van der Waals surface area contributed by atoms with Crippen molar-refractivity contribution in [2.24, 2.45) is 5.73 Å². The Morgan fingerprint density at radius 2 is 1.94 bits per heavy atom. The smallest absolute Gasteiger partial charge is 0.239 e. The number of amides is 1. The molecule has 0 aromatic rings. The van der Waals surface area contributed by atoms with E-state index in [0.717, 1.165) is 19.5 Å². The van der Waals surface area contributed by atoms with Crippen LogP contribution in [0.5, 0.6) is 0 Å². The van der Waals surface area contributed by atoms with Gasteiger partial charge in [0, 0.05) is 20.2 Å². The maximum Gasteiger partial charge on any atom is 0.239 e. The first kappa shape index (κ1) is 16.4. The first-order valence-electron chi connectivity index (χ1n) is 6.21. The van der Waals surface area contributed by atoms with Crippen molar-refractivity contribution >= 4 is 5.91 Å². The number of carbonyl (C=O) groups is 1. The molecule has 0 fully saturated rings. The second kappa shape index (κ2) is 9.39. The van der Waals surface area contributed by atoms with Crippen LogP contribution in [0.4, 0.5) is 0 Å². The summed E-state index contributed by atoms with van der Waals surface area (Å²) in [6.07, 6.45) is 1.63. The topological polar surface area (TPSA) is 58.8 Å². The molecular formula is C12H27N3O2. The van der Waals surface area contributed by atoms with E-state index in [1.54, 1.807) is 12.0 Å². The summed E-state index contributed by atoms with van der Waals surface area (Å²) in [7, 11) is 5.69. The minimum atomic E-state index is -0.383. The Balaban J connectivity index is 4.16. The zero-order chi connectivity index (χ0) is 13.3. The Kier molecular flexibility index (Phi) is 9.03. The van der Waals surface area contributed by atoms with Crippen LogP contribution in [-0.4, -0.2) is 69.2 Å². The third kappa shape index (κ3) is 7.31. The van der Waals surface area contributed by atoms with Gasteiger partial charge in [0.25, 0.3) is 0 Å². The van der Waals surface area contributed by atoms with Crippen LogP contribution in [-0.2, 0) is 9.53 Å². The van der Waals surface area contributed by atoms with E-state index >= 15 is 0 Å². The molecule has 1 atom stereocenters. The quantitative estimate of drug-likeness (QED) is 0.628. The van der Waals surface area contributed by atoms with E-state index < -0.39 is 0 Å². The fourth-order valence-electron chi connectivity index (χ4n) is 1.52. The van der Waals surface area contributed by atoms with Crippen LogP contribution in [0, 0.1) is 0 Å². The molecule has 5 nitrogen and oxygen atoms in total. The molecule has 0 radical (unpaired) electrons. The van der Waals surface area contributed by atoms with Gasteiger partial charge in [0.05, 0.1) is 12.6 Å². The van der Waals surface area contributed by atoms with E-state index in [1.165, 1.54) is 0 Å². The average molecular weight is 245 g/mol. The van der Waals surface area contributed by atoms with E-state index in [-0.39, 0.29) is 11.9 Å². The van der Waals surface area contributed by atoms with E-state index in [4.69, 9.17) is 10.5 Å². The molecule has 0 saturated heterocycles. The largest absolute Gasteiger partial charge is 0.383 e. The lowest BCUT2D eigenvalue weighted by Crippen LogP contribution is -2.45. The SMILES string of the molecule is CCC(N)C(=O)N(CCCN(C)C)CCOC.